The first-order chi connectivity index (χ1) is 21.3. The maximum Gasteiger partial charge on any atom is 0.165 e. The van der Waals surface area contributed by atoms with E-state index in [1.54, 1.807) is 0 Å². The van der Waals surface area contributed by atoms with Gasteiger partial charge in [-0.2, -0.15) is 0 Å². The Balaban J connectivity index is 1.22. The fraction of sp³-hybridized carbons (Fsp3) is 0. The minimum Gasteiger partial charge on any atom is -0.291 e. The van der Waals surface area contributed by atoms with Crippen LogP contribution in [0.5, 0.6) is 0 Å². The summed E-state index contributed by atoms with van der Waals surface area (Å²) in [6.07, 6.45) is 0. The molecule has 5 heteroatoms. The highest BCUT2D eigenvalue weighted by atomic mass is 32.1. The second-order valence-electron chi connectivity index (χ2n) is 11.4. The van der Waals surface area contributed by atoms with Crippen molar-refractivity contribution in [3.8, 4) is 11.1 Å². The molecule has 11 aromatic rings. The molecule has 5 aromatic heterocycles. The van der Waals surface area contributed by atoms with Gasteiger partial charge in [0.2, 0.25) is 0 Å². The van der Waals surface area contributed by atoms with E-state index in [0.29, 0.717) is 0 Å². The van der Waals surface area contributed by atoms with Gasteiger partial charge in [0.25, 0.3) is 0 Å². The smallest absolute Gasteiger partial charge is 0.165 e. The quantitative estimate of drug-likeness (QED) is 0.193. The van der Waals surface area contributed by atoms with Crippen LogP contribution in [0.4, 0.5) is 0 Å². The largest absolute Gasteiger partial charge is 0.291 e. The summed E-state index contributed by atoms with van der Waals surface area (Å²) in [6, 6.07) is 41.9. The zero-order valence-electron chi connectivity index (χ0n) is 22.6. The van der Waals surface area contributed by atoms with E-state index in [9.17, 15) is 0 Å². The summed E-state index contributed by atoms with van der Waals surface area (Å²) in [4.78, 5) is 10.3. The lowest BCUT2D eigenvalue weighted by molar-refractivity contribution is 1.28. The van der Waals surface area contributed by atoms with Crippen molar-refractivity contribution in [3.05, 3.63) is 115 Å². The van der Waals surface area contributed by atoms with E-state index in [1.807, 2.05) is 34.8 Å². The minimum atomic E-state index is 0.925. The molecule has 11 rings (SSSR count). The first kappa shape index (κ1) is 22.5. The van der Waals surface area contributed by atoms with Crippen molar-refractivity contribution in [1.82, 2.24) is 14.4 Å². The number of nitrogens with zero attached hydrogens (tertiary/aromatic N) is 3. The van der Waals surface area contributed by atoms with Gasteiger partial charge in [-0.3, -0.25) is 4.40 Å². The van der Waals surface area contributed by atoms with E-state index >= 15 is 0 Å². The van der Waals surface area contributed by atoms with E-state index in [4.69, 9.17) is 9.97 Å². The van der Waals surface area contributed by atoms with Gasteiger partial charge in [0, 0.05) is 56.5 Å². The number of aromatic nitrogens is 3. The van der Waals surface area contributed by atoms with Crippen molar-refractivity contribution in [3.63, 3.8) is 0 Å². The number of thiophene rings is 2. The number of para-hydroxylation sites is 3. The number of rotatable bonds is 1. The zero-order valence-corrected chi connectivity index (χ0v) is 24.3. The van der Waals surface area contributed by atoms with Crippen LogP contribution in [0.2, 0.25) is 0 Å². The molecule has 0 aliphatic heterocycles. The molecule has 0 saturated carbocycles. The van der Waals surface area contributed by atoms with E-state index in [0.717, 1.165) is 22.2 Å². The van der Waals surface area contributed by atoms with E-state index < -0.39 is 0 Å². The lowest BCUT2D eigenvalue weighted by atomic mass is 10.0. The van der Waals surface area contributed by atoms with E-state index in [-0.39, 0.29) is 0 Å². The third-order valence-corrected chi connectivity index (χ3v) is 11.4. The lowest BCUT2D eigenvalue weighted by Gasteiger charge is -2.03. The lowest BCUT2D eigenvalue weighted by Crippen LogP contribution is -1.88. The van der Waals surface area contributed by atoms with Crippen LogP contribution in [0.3, 0.4) is 0 Å². The Morgan fingerprint density at radius 3 is 1.98 bits per heavy atom. The van der Waals surface area contributed by atoms with Gasteiger partial charge in [-0.05, 0) is 53.6 Å². The van der Waals surface area contributed by atoms with Crippen LogP contribution in [-0.2, 0) is 0 Å². The number of hydrogen-bond donors (Lipinski definition) is 0. The summed E-state index contributed by atoms with van der Waals surface area (Å²) in [5.74, 6) is 0. The number of benzene rings is 6. The minimum absolute atomic E-state index is 0.925. The van der Waals surface area contributed by atoms with Gasteiger partial charge in [0.15, 0.2) is 5.65 Å². The molecule has 43 heavy (non-hydrogen) atoms. The van der Waals surface area contributed by atoms with Crippen molar-refractivity contribution in [2.45, 2.75) is 0 Å². The summed E-state index contributed by atoms with van der Waals surface area (Å²) < 4.78 is 7.66. The van der Waals surface area contributed by atoms with Crippen LogP contribution in [0.15, 0.2) is 115 Å². The molecule has 0 aliphatic rings. The number of fused-ring (bicyclic) bond motifs is 14. The summed E-state index contributed by atoms with van der Waals surface area (Å²) in [6.45, 7) is 0. The molecule has 0 bridgehead atoms. The molecule has 0 fully saturated rings. The predicted octanol–water partition coefficient (Wildman–Crippen LogP) is 11.2. The van der Waals surface area contributed by atoms with Crippen molar-refractivity contribution in [2.24, 2.45) is 0 Å². The molecular formula is C38H19N3S2. The standard InChI is InChI=1S/C38H19N3S2/c1-5-11-30-25(8-1)34-36-27(35-38(41(30)36)40-29-10-4-3-9-28(29)39-35)19-26-24-16-14-21(18-33(24)43-37(26)34)20-13-15-23-22-7-2-6-12-31(22)42-32(23)17-20/h1-19H. The zero-order chi connectivity index (χ0) is 27.8. The fourth-order valence-electron chi connectivity index (χ4n) is 7.20. The molecule has 0 atom stereocenters. The topological polar surface area (TPSA) is 30.2 Å². The van der Waals surface area contributed by atoms with Crippen molar-refractivity contribution < 1.29 is 0 Å². The summed E-state index contributed by atoms with van der Waals surface area (Å²) in [5.41, 5.74) is 8.68. The molecule has 0 amide bonds. The van der Waals surface area contributed by atoms with Crippen LogP contribution in [-0.4, -0.2) is 14.4 Å². The van der Waals surface area contributed by atoms with Gasteiger partial charge in [-0.1, -0.05) is 72.8 Å². The van der Waals surface area contributed by atoms with Crippen LogP contribution in [0.25, 0.3) is 101 Å². The molecule has 3 nitrogen and oxygen atoms in total. The highest BCUT2D eigenvalue weighted by Gasteiger charge is 2.23. The normalized spacial score (nSPS) is 12.7. The third kappa shape index (κ3) is 2.84. The van der Waals surface area contributed by atoms with Crippen LogP contribution < -0.4 is 0 Å². The Morgan fingerprint density at radius 1 is 0.488 bits per heavy atom. The van der Waals surface area contributed by atoms with Gasteiger partial charge in [-0.15, -0.1) is 22.7 Å². The van der Waals surface area contributed by atoms with Crippen LogP contribution in [0, 0.1) is 0 Å². The molecule has 5 heterocycles. The van der Waals surface area contributed by atoms with Crippen LogP contribution in [0.1, 0.15) is 0 Å². The Morgan fingerprint density at radius 2 is 1.14 bits per heavy atom. The predicted molar refractivity (Wildman–Crippen MR) is 185 cm³/mol. The summed E-state index contributed by atoms with van der Waals surface area (Å²) in [7, 11) is 0. The van der Waals surface area contributed by atoms with E-state index in [1.165, 1.54) is 78.7 Å². The first-order valence-corrected chi connectivity index (χ1v) is 16.1. The molecular weight excluding hydrogens is 563 g/mol. The Bertz CT molecular complexity index is 2960. The highest BCUT2D eigenvalue weighted by molar-refractivity contribution is 7.27. The van der Waals surface area contributed by atoms with Gasteiger partial charge in [-0.25, -0.2) is 9.97 Å². The molecule has 0 radical (unpaired) electrons. The Labute approximate surface area is 252 Å². The Kier molecular flexibility index (Phi) is 4.10. The molecule has 198 valence electrons. The van der Waals surface area contributed by atoms with Gasteiger partial charge >= 0.3 is 0 Å². The average molecular weight is 582 g/mol. The highest BCUT2D eigenvalue weighted by Crippen LogP contribution is 2.48. The van der Waals surface area contributed by atoms with Gasteiger partial charge in [0.1, 0.15) is 5.52 Å². The maximum absolute atomic E-state index is 5.16. The summed E-state index contributed by atoms with van der Waals surface area (Å²) >= 11 is 3.78. The number of hydrogen-bond acceptors (Lipinski definition) is 4. The molecule has 6 aromatic carbocycles. The second kappa shape index (κ2) is 7.84. The fourth-order valence-corrected chi connectivity index (χ4v) is 9.62. The third-order valence-electron chi connectivity index (χ3n) is 9.11. The molecule has 0 spiro atoms. The van der Waals surface area contributed by atoms with Crippen LogP contribution >= 0.6 is 22.7 Å². The van der Waals surface area contributed by atoms with Crippen molar-refractivity contribution in [1.29, 1.82) is 0 Å². The van der Waals surface area contributed by atoms with Crippen molar-refractivity contribution >= 4 is 112 Å². The van der Waals surface area contributed by atoms with Gasteiger partial charge < -0.3 is 0 Å². The van der Waals surface area contributed by atoms with E-state index in [2.05, 4.69) is 108 Å². The molecule has 0 saturated heterocycles. The van der Waals surface area contributed by atoms with Crippen molar-refractivity contribution in [2.75, 3.05) is 0 Å². The maximum atomic E-state index is 5.16. The molecule has 0 N–H and O–H groups in total. The molecule has 0 aliphatic carbocycles. The average Bonchev–Trinajstić information content (AvgIpc) is 3.79. The summed E-state index contributed by atoms with van der Waals surface area (Å²) in [5, 5.41) is 9.01. The Hall–Kier alpha value is -5.10. The second-order valence-corrected chi connectivity index (χ2v) is 13.5. The monoisotopic (exact) mass is 581 g/mol. The first-order valence-electron chi connectivity index (χ1n) is 14.4. The SMILES string of the molecule is c1ccc2nc3c(nc2c1)c1cc2c4ccc(-c5ccc6c(c5)sc5ccccc56)cc4sc2c2c4ccccc4n3c12. The van der Waals surface area contributed by atoms with Gasteiger partial charge in [0.05, 0.1) is 22.1 Å². The molecule has 0 unspecified atom stereocenters.